The number of nitro benzene ring substituents is 1. The van der Waals surface area contributed by atoms with Gasteiger partial charge in [-0.25, -0.2) is 4.79 Å². The molecule has 1 aromatic carbocycles. The lowest BCUT2D eigenvalue weighted by Gasteiger charge is -2.22. The number of ether oxygens (including phenoxy) is 1. The molecule has 1 aromatic rings. The van der Waals surface area contributed by atoms with E-state index in [1.807, 2.05) is 26.8 Å². The SMILES string of the molecule is Cc1cc(N2CC[C@@H](NC(=O)OC(C)(C)C)C2)ccc1[N+](=O)[O-]. The standard InChI is InChI=1S/C16H23N3O4/c1-11-9-13(5-6-14(11)19(21)22)18-8-7-12(10-18)17-15(20)23-16(2,3)4/h5-6,9,12H,7-8,10H2,1-4H3,(H,17,20)/t12-/m1/s1. The fraction of sp³-hybridized carbons (Fsp3) is 0.562. The molecule has 7 nitrogen and oxygen atoms in total. The van der Waals surface area contributed by atoms with E-state index in [9.17, 15) is 14.9 Å². The lowest BCUT2D eigenvalue weighted by molar-refractivity contribution is -0.385. The lowest BCUT2D eigenvalue weighted by atomic mass is 10.1. The van der Waals surface area contributed by atoms with Crippen molar-refractivity contribution in [2.45, 2.75) is 45.8 Å². The van der Waals surface area contributed by atoms with Crippen LogP contribution in [0.25, 0.3) is 0 Å². The highest BCUT2D eigenvalue weighted by atomic mass is 16.6. The first-order valence-electron chi connectivity index (χ1n) is 7.65. The van der Waals surface area contributed by atoms with Gasteiger partial charge in [-0.3, -0.25) is 10.1 Å². The van der Waals surface area contributed by atoms with Crippen molar-refractivity contribution < 1.29 is 14.5 Å². The number of amides is 1. The number of hydrogen-bond donors (Lipinski definition) is 1. The molecular weight excluding hydrogens is 298 g/mol. The van der Waals surface area contributed by atoms with Gasteiger partial charge >= 0.3 is 6.09 Å². The molecule has 1 fully saturated rings. The summed E-state index contributed by atoms with van der Waals surface area (Å²) in [6.45, 7) is 8.66. The Morgan fingerprint density at radius 3 is 2.70 bits per heavy atom. The van der Waals surface area contributed by atoms with Crippen molar-refractivity contribution in [2.24, 2.45) is 0 Å². The molecule has 0 bridgehead atoms. The van der Waals surface area contributed by atoms with Gasteiger partial charge in [0.2, 0.25) is 0 Å². The van der Waals surface area contributed by atoms with Crippen LogP contribution in [0.1, 0.15) is 32.8 Å². The maximum absolute atomic E-state index is 11.8. The normalized spacial score (nSPS) is 17.9. The van der Waals surface area contributed by atoms with E-state index < -0.39 is 11.7 Å². The molecule has 1 heterocycles. The lowest BCUT2D eigenvalue weighted by Crippen LogP contribution is -2.40. The summed E-state index contributed by atoms with van der Waals surface area (Å²) in [5.41, 5.74) is 1.17. The van der Waals surface area contributed by atoms with Gasteiger partial charge in [0.25, 0.3) is 5.69 Å². The molecule has 0 aromatic heterocycles. The molecule has 1 aliphatic heterocycles. The van der Waals surface area contributed by atoms with Crippen LogP contribution in [0.3, 0.4) is 0 Å². The van der Waals surface area contributed by atoms with Crippen LogP contribution in [0.5, 0.6) is 0 Å². The van der Waals surface area contributed by atoms with Gasteiger partial charge in [0, 0.05) is 30.4 Å². The van der Waals surface area contributed by atoms with Gasteiger partial charge in [-0.05, 0) is 46.2 Å². The van der Waals surface area contributed by atoms with E-state index in [4.69, 9.17) is 4.74 Å². The summed E-state index contributed by atoms with van der Waals surface area (Å²) in [4.78, 5) is 24.4. The predicted molar refractivity (Wildman–Crippen MR) is 87.8 cm³/mol. The summed E-state index contributed by atoms with van der Waals surface area (Å²) >= 11 is 0. The third-order valence-electron chi connectivity index (χ3n) is 3.65. The zero-order valence-corrected chi connectivity index (χ0v) is 14.0. The molecule has 1 atom stereocenters. The number of benzene rings is 1. The van der Waals surface area contributed by atoms with Crippen LogP contribution in [-0.2, 0) is 4.74 Å². The molecule has 7 heteroatoms. The number of nitrogens with zero attached hydrogens (tertiary/aromatic N) is 2. The van der Waals surface area contributed by atoms with Crippen molar-refractivity contribution in [3.05, 3.63) is 33.9 Å². The molecule has 0 aliphatic carbocycles. The summed E-state index contributed by atoms with van der Waals surface area (Å²) < 4.78 is 5.26. The summed E-state index contributed by atoms with van der Waals surface area (Å²) in [5.74, 6) is 0. The van der Waals surface area contributed by atoms with Crippen molar-refractivity contribution in [1.82, 2.24) is 5.32 Å². The van der Waals surface area contributed by atoms with Gasteiger partial charge in [-0.1, -0.05) is 0 Å². The van der Waals surface area contributed by atoms with E-state index in [0.29, 0.717) is 12.1 Å². The average molecular weight is 321 g/mol. The minimum absolute atomic E-state index is 0.0142. The summed E-state index contributed by atoms with van der Waals surface area (Å²) in [7, 11) is 0. The number of carbonyl (C=O) groups excluding carboxylic acids is 1. The van der Waals surface area contributed by atoms with E-state index in [-0.39, 0.29) is 16.7 Å². The van der Waals surface area contributed by atoms with E-state index >= 15 is 0 Å². The minimum Gasteiger partial charge on any atom is -0.444 e. The molecule has 1 aliphatic rings. The third kappa shape index (κ3) is 4.58. The third-order valence-corrected chi connectivity index (χ3v) is 3.65. The number of nitro groups is 1. The van der Waals surface area contributed by atoms with Gasteiger partial charge in [-0.15, -0.1) is 0 Å². The number of hydrogen-bond acceptors (Lipinski definition) is 5. The number of rotatable bonds is 3. The van der Waals surface area contributed by atoms with Crippen LogP contribution in [0.15, 0.2) is 18.2 Å². The Kier molecular flexibility index (Phi) is 4.77. The highest BCUT2D eigenvalue weighted by molar-refractivity contribution is 5.68. The van der Waals surface area contributed by atoms with Gasteiger partial charge in [0.15, 0.2) is 0 Å². The Balaban J connectivity index is 1.96. The number of alkyl carbamates (subject to hydrolysis) is 1. The second kappa shape index (κ2) is 6.44. The second-order valence-corrected chi connectivity index (χ2v) is 6.81. The van der Waals surface area contributed by atoms with Crippen molar-refractivity contribution in [3.8, 4) is 0 Å². The van der Waals surface area contributed by atoms with Crippen LogP contribution in [0.4, 0.5) is 16.2 Å². The van der Waals surface area contributed by atoms with Crippen LogP contribution in [0.2, 0.25) is 0 Å². The Bertz CT molecular complexity index is 610. The summed E-state index contributed by atoms with van der Waals surface area (Å²) in [5, 5.41) is 13.7. The molecule has 0 unspecified atom stereocenters. The molecule has 2 rings (SSSR count). The van der Waals surface area contributed by atoms with E-state index in [1.54, 1.807) is 13.0 Å². The van der Waals surface area contributed by atoms with Crippen LogP contribution in [0, 0.1) is 17.0 Å². The number of carbonyl (C=O) groups is 1. The monoisotopic (exact) mass is 321 g/mol. The first kappa shape index (κ1) is 17.1. The van der Waals surface area contributed by atoms with Crippen molar-refractivity contribution >= 4 is 17.5 Å². The van der Waals surface area contributed by atoms with Crippen LogP contribution < -0.4 is 10.2 Å². The number of anilines is 1. The Morgan fingerprint density at radius 2 is 2.13 bits per heavy atom. The molecule has 0 spiro atoms. The maximum Gasteiger partial charge on any atom is 0.407 e. The first-order valence-corrected chi connectivity index (χ1v) is 7.65. The predicted octanol–water partition coefficient (Wildman–Crippen LogP) is 3.01. The summed E-state index contributed by atoms with van der Waals surface area (Å²) in [6, 6.07) is 5.11. The smallest absolute Gasteiger partial charge is 0.407 e. The Morgan fingerprint density at radius 1 is 1.43 bits per heavy atom. The molecule has 0 saturated carbocycles. The largest absolute Gasteiger partial charge is 0.444 e. The average Bonchev–Trinajstić information content (AvgIpc) is 2.84. The van der Waals surface area contributed by atoms with Gasteiger partial charge < -0.3 is 15.0 Å². The molecule has 0 radical (unpaired) electrons. The number of aryl methyl sites for hydroxylation is 1. The zero-order valence-electron chi connectivity index (χ0n) is 14.0. The van der Waals surface area contributed by atoms with E-state index in [1.165, 1.54) is 6.07 Å². The summed E-state index contributed by atoms with van der Waals surface area (Å²) in [6.07, 6.45) is 0.402. The van der Waals surface area contributed by atoms with Gasteiger partial charge in [0.05, 0.1) is 11.0 Å². The van der Waals surface area contributed by atoms with E-state index in [2.05, 4.69) is 10.2 Å². The molecule has 1 saturated heterocycles. The van der Waals surface area contributed by atoms with Gasteiger partial charge in [0.1, 0.15) is 5.60 Å². The highest BCUT2D eigenvalue weighted by Crippen LogP contribution is 2.26. The zero-order chi connectivity index (χ0) is 17.2. The molecule has 126 valence electrons. The second-order valence-electron chi connectivity index (χ2n) is 6.81. The number of nitrogens with one attached hydrogen (secondary N) is 1. The first-order chi connectivity index (χ1) is 10.7. The molecular formula is C16H23N3O4. The van der Waals surface area contributed by atoms with Crippen LogP contribution >= 0.6 is 0 Å². The maximum atomic E-state index is 11.8. The molecule has 1 amide bonds. The highest BCUT2D eigenvalue weighted by Gasteiger charge is 2.27. The van der Waals surface area contributed by atoms with Crippen LogP contribution in [-0.4, -0.2) is 35.7 Å². The van der Waals surface area contributed by atoms with E-state index in [0.717, 1.165) is 18.7 Å². The van der Waals surface area contributed by atoms with Gasteiger partial charge in [-0.2, -0.15) is 0 Å². The Labute approximate surface area is 135 Å². The molecule has 1 N–H and O–H groups in total. The Hall–Kier alpha value is -2.31. The fourth-order valence-corrected chi connectivity index (χ4v) is 2.63. The van der Waals surface area contributed by atoms with Crippen molar-refractivity contribution in [1.29, 1.82) is 0 Å². The molecule has 23 heavy (non-hydrogen) atoms. The van der Waals surface area contributed by atoms with Crippen molar-refractivity contribution in [2.75, 3.05) is 18.0 Å². The topological polar surface area (TPSA) is 84.7 Å². The quantitative estimate of drug-likeness (QED) is 0.683. The fourth-order valence-electron chi connectivity index (χ4n) is 2.63. The minimum atomic E-state index is -0.516. The van der Waals surface area contributed by atoms with Crippen molar-refractivity contribution in [3.63, 3.8) is 0 Å².